The van der Waals surface area contributed by atoms with E-state index in [0.29, 0.717) is 13.1 Å². The summed E-state index contributed by atoms with van der Waals surface area (Å²) in [4.78, 5) is 6.49. The number of nitrogens with zero attached hydrogens (tertiary/aromatic N) is 3. The summed E-state index contributed by atoms with van der Waals surface area (Å²) in [5.74, 6) is 0. The number of nitrogens with one attached hydrogen (secondary N) is 1. The normalized spacial score (nSPS) is 16.1. The molecular weight excluding hydrogens is 408 g/mol. The summed E-state index contributed by atoms with van der Waals surface area (Å²) in [6.07, 6.45) is 6.58. The highest BCUT2D eigenvalue weighted by Gasteiger charge is 2.25. The quantitative estimate of drug-likeness (QED) is 0.634. The first-order valence-electron chi connectivity index (χ1n) is 10.6. The van der Waals surface area contributed by atoms with Gasteiger partial charge in [0, 0.05) is 49.1 Å². The molecule has 0 bridgehead atoms. The van der Waals surface area contributed by atoms with Crippen molar-refractivity contribution in [2.45, 2.75) is 25.4 Å². The molecule has 1 N–H and O–H groups in total. The van der Waals surface area contributed by atoms with Gasteiger partial charge in [-0.05, 0) is 73.3 Å². The average Bonchev–Trinajstić information content (AvgIpc) is 2.73. The maximum Gasteiger partial charge on any atom is 0.211 e. The summed E-state index contributed by atoms with van der Waals surface area (Å²) in [6, 6.07) is 15.3. The lowest BCUT2D eigenvalue weighted by atomic mass is 9.98. The fourth-order valence-electron chi connectivity index (χ4n) is 4.25. The molecule has 0 aliphatic carbocycles. The van der Waals surface area contributed by atoms with Gasteiger partial charge in [-0.2, -0.15) is 0 Å². The van der Waals surface area contributed by atoms with Crippen LogP contribution in [0.15, 0.2) is 54.9 Å². The first-order valence-corrected chi connectivity index (χ1v) is 12.5. The molecule has 0 saturated carbocycles. The molecule has 6 nitrogen and oxygen atoms in total. The monoisotopic (exact) mass is 438 g/mol. The van der Waals surface area contributed by atoms with E-state index in [1.807, 2.05) is 18.5 Å². The van der Waals surface area contributed by atoms with E-state index in [9.17, 15) is 8.42 Å². The third-order valence-electron chi connectivity index (χ3n) is 5.80. The molecule has 31 heavy (non-hydrogen) atoms. The number of rotatable bonds is 6. The van der Waals surface area contributed by atoms with Crippen LogP contribution in [-0.2, 0) is 16.6 Å². The second-order valence-corrected chi connectivity index (χ2v) is 10.6. The minimum Gasteiger partial charge on any atom is -0.382 e. The van der Waals surface area contributed by atoms with Crippen LogP contribution in [0.1, 0.15) is 18.4 Å². The number of anilines is 1. The zero-order valence-corrected chi connectivity index (χ0v) is 19.2. The first-order chi connectivity index (χ1) is 14.8. The fraction of sp³-hybridized carbons (Fsp3) is 0.375. The van der Waals surface area contributed by atoms with E-state index in [0.717, 1.165) is 41.4 Å². The SMILES string of the molecule is CN(C)Cc1cccc(-c2cc(NC3CCN(S(C)(=O)=O)CC3)c3cnccc3c2)c1. The standard InChI is InChI=1S/C24H30N4O2S/c1-27(2)17-18-5-4-6-19(13-18)21-14-20-7-10-25-16-23(20)24(15-21)26-22-8-11-28(12-9-22)31(3,29)30/h4-7,10,13-16,22,26H,8-9,11-12,17H2,1-3H3. The molecule has 1 aliphatic rings. The first kappa shape index (κ1) is 21.7. The lowest BCUT2D eigenvalue weighted by Gasteiger charge is -2.31. The summed E-state index contributed by atoms with van der Waals surface area (Å²) >= 11 is 0. The van der Waals surface area contributed by atoms with Gasteiger partial charge in [0.15, 0.2) is 0 Å². The summed E-state index contributed by atoms with van der Waals surface area (Å²) < 4.78 is 25.2. The Labute approximate surface area is 184 Å². The lowest BCUT2D eigenvalue weighted by Crippen LogP contribution is -2.41. The molecule has 2 heterocycles. The van der Waals surface area contributed by atoms with Crippen molar-refractivity contribution in [2.24, 2.45) is 0 Å². The smallest absolute Gasteiger partial charge is 0.211 e. The van der Waals surface area contributed by atoms with Crippen LogP contribution in [0.5, 0.6) is 0 Å². The number of pyridine rings is 1. The van der Waals surface area contributed by atoms with Gasteiger partial charge < -0.3 is 10.2 Å². The third-order valence-corrected chi connectivity index (χ3v) is 7.10. The molecular formula is C24H30N4O2S. The molecule has 164 valence electrons. The molecule has 1 aliphatic heterocycles. The number of hydrogen-bond donors (Lipinski definition) is 1. The van der Waals surface area contributed by atoms with Crippen LogP contribution in [-0.4, -0.2) is 62.1 Å². The van der Waals surface area contributed by atoms with Gasteiger partial charge in [0.25, 0.3) is 0 Å². The van der Waals surface area contributed by atoms with E-state index in [1.165, 1.54) is 17.4 Å². The molecule has 2 aromatic carbocycles. The molecule has 0 spiro atoms. The minimum atomic E-state index is -3.12. The van der Waals surface area contributed by atoms with Gasteiger partial charge in [0.2, 0.25) is 10.0 Å². The topological polar surface area (TPSA) is 65.5 Å². The molecule has 1 saturated heterocycles. The minimum absolute atomic E-state index is 0.233. The number of fused-ring (bicyclic) bond motifs is 1. The molecule has 4 rings (SSSR count). The molecule has 0 amide bonds. The summed E-state index contributed by atoms with van der Waals surface area (Å²) in [5.41, 5.74) is 4.68. The second kappa shape index (κ2) is 8.94. The Kier molecular flexibility index (Phi) is 6.27. The van der Waals surface area contributed by atoms with Gasteiger partial charge in [0.1, 0.15) is 0 Å². The van der Waals surface area contributed by atoms with E-state index >= 15 is 0 Å². The summed E-state index contributed by atoms with van der Waals surface area (Å²) in [6.45, 7) is 2.01. The third kappa shape index (κ3) is 5.23. The predicted molar refractivity (Wildman–Crippen MR) is 128 cm³/mol. The van der Waals surface area contributed by atoms with E-state index in [1.54, 1.807) is 4.31 Å². The van der Waals surface area contributed by atoms with Crippen molar-refractivity contribution in [3.63, 3.8) is 0 Å². The zero-order valence-electron chi connectivity index (χ0n) is 18.4. The molecule has 1 fully saturated rings. The molecule has 0 radical (unpaired) electrons. The zero-order chi connectivity index (χ0) is 22.0. The number of hydrogen-bond acceptors (Lipinski definition) is 5. The Hall–Kier alpha value is -2.48. The Morgan fingerprint density at radius 2 is 1.87 bits per heavy atom. The highest BCUT2D eigenvalue weighted by Crippen LogP contribution is 2.32. The van der Waals surface area contributed by atoms with Crippen molar-refractivity contribution in [3.8, 4) is 11.1 Å². The van der Waals surface area contributed by atoms with E-state index in [-0.39, 0.29) is 6.04 Å². The van der Waals surface area contributed by atoms with Crippen LogP contribution in [0.4, 0.5) is 5.69 Å². The lowest BCUT2D eigenvalue weighted by molar-refractivity contribution is 0.332. The van der Waals surface area contributed by atoms with Gasteiger partial charge in [0.05, 0.1) is 6.26 Å². The van der Waals surface area contributed by atoms with Crippen LogP contribution in [0.3, 0.4) is 0 Å². The van der Waals surface area contributed by atoms with Gasteiger partial charge in [-0.25, -0.2) is 12.7 Å². The van der Waals surface area contributed by atoms with Crippen molar-refractivity contribution in [1.82, 2.24) is 14.2 Å². The summed E-state index contributed by atoms with van der Waals surface area (Å²) in [7, 11) is 1.03. The van der Waals surface area contributed by atoms with Crippen LogP contribution < -0.4 is 5.32 Å². The largest absolute Gasteiger partial charge is 0.382 e. The number of piperidine rings is 1. The van der Waals surface area contributed by atoms with Crippen LogP contribution >= 0.6 is 0 Å². The number of sulfonamides is 1. The van der Waals surface area contributed by atoms with E-state index < -0.39 is 10.0 Å². The molecule has 0 atom stereocenters. The Bertz CT molecular complexity index is 1170. The van der Waals surface area contributed by atoms with Crippen LogP contribution in [0, 0.1) is 0 Å². The van der Waals surface area contributed by atoms with Crippen molar-refractivity contribution >= 4 is 26.5 Å². The summed E-state index contributed by atoms with van der Waals surface area (Å²) in [5, 5.41) is 5.91. The van der Waals surface area contributed by atoms with Crippen molar-refractivity contribution in [1.29, 1.82) is 0 Å². The van der Waals surface area contributed by atoms with Gasteiger partial charge >= 0.3 is 0 Å². The second-order valence-electron chi connectivity index (χ2n) is 8.64. The van der Waals surface area contributed by atoms with Crippen molar-refractivity contribution in [2.75, 3.05) is 38.8 Å². The highest BCUT2D eigenvalue weighted by atomic mass is 32.2. The Balaban J connectivity index is 1.64. The van der Waals surface area contributed by atoms with Crippen molar-refractivity contribution < 1.29 is 8.42 Å². The Morgan fingerprint density at radius 3 is 2.58 bits per heavy atom. The number of benzene rings is 2. The Morgan fingerprint density at radius 1 is 1.10 bits per heavy atom. The molecule has 0 unspecified atom stereocenters. The van der Waals surface area contributed by atoms with Gasteiger partial charge in [-0.1, -0.05) is 18.2 Å². The van der Waals surface area contributed by atoms with Crippen LogP contribution in [0.25, 0.3) is 21.9 Å². The van der Waals surface area contributed by atoms with Crippen LogP contribution in [0.2, 0.25) is 0 Å². The highest BCUT2D eigenvalue weighted by molar-refractivity contribution is 7.88. The van der Waals surface area contributed by atoms with E-state index in [2.05, 4.69) is 65.7 Å². The molecule has 3 aromatic rings. The van der Waals surface area contributed by atoms with E-state index in [4.69, 9.17) is 0 Å². The maximum atomic E-state index is 11.8. The fourth-order valence-corrected chi connectivity index (χ4v) is 5.12. The van der Waals surface area contributed by atoms with Crippen molar-refractivity contribution in [3.05, 3.63) is 60.4 Å². The maximum absolute atomic E-state index is 11.8. The number of aromatic nitrogens is 1. The predicted octanol–water partition coefficient (Wildman–Crippen LogP) is 3.80. The molecule has 1 aromatic heterocycles. The average molecular weight is 439 g/mol. The molecule has 7 heteroatoms. The van der Waals surface area contributed by atoms with Gasteiger partial charge in [-0.15, -0.1) is 0 Å². The van der Waals surface area contributed by atoms with Gasteiger partial charge in [-0.3, -0.25) is 4.98 Å².